The Morgan fingerprint density at radius 2 is 1.86 bits per heavy atom. The van der Waals surface area contributed by atoms with Crippen LogP contribution in [0.2, 0.25) is 0 Å². The lowest BCUT2D eigenvalue weighted by atomic mass is 10.1. The van der Waals surface area contributed by atoms with Gasteiger partial charge in [0.25, 0.3) is 5.91 Å². The molecule has 0 saturated carbocycles. The van der Waals surface area contributed by atoms with Crippen molar-refractivity contribution in [2.24, 2.45) is 4.99 Å². The van der Waals surface area contributed by atoms with E-state index in [0.717, 1.165) is 37.5 Å². The summed E-state index contributed by atoms with van der Waals surface area (Å²) >= 11 is 0. The second-order valence-electron chi connectivity index (χ2n) is 8.04. The van der Waals surface area contributed by atoms with E-state index in [4.69, 9.17) is 9.84 Å². The summed E-state index contributed by atoms with van der Waals surface area (Å²) in [6.07, 6.45) is 9.63. The Morgan fingerprint density at radius 3 is 2.43 bits per heavy atom. The van der Waals surface area contributed by atoms with Gasteiger partial charge in [-0.2, -0.15) is 13.2 Å². The monoisotopic (exact) mass is 520 g/mol. The van der Waals surface area contributed by atoms with Crippen molar-refractivity contribution in [3.63, 3.8) is 0 Å². The van der Waals surface area contributed by atoms with E-state index in [1.165, 1.54) is 5.57 Å². The average molecular weight is 521 g/mol. The van der Waals surface area contributed by atoms with Crippen molar-refractivity contribution in [2.75, 3.05) is 13.7 Å². The molecule has 2 rings (SSSR count). The number of hydrogen-bond acceptors (Lipinski definition) is 4. The number of methoxy groups -OCH3 is 1. The average Bonchev–Trinajstić information content (AvgIpc) is 3.10. The van der Waals surface area contributed by atoms with Gasteiger partial charge >= 0.3 is 12.1 Å². The molecule has 0 unspecified atom stereocenters. The van der Waals surface area contributed by atoms with Gasteiger partial charge in [0.1, 0.15) is 5.75 Å². The number of nitrogens with zero attached hydrogens (tertiary/aromatic N) is 1. The van der Waals surface area contributed by atoms with Crippen LogP contribution in [0.15, 0.2) is 76.5 Å². The SMILES string of the molecule is C/C=C(\N=CCC(F)(F)F)C1=CCC=C(CCCC)C=C1.COc1ccc(C(=O)NCCC(=O)O)cc1. The second-order valence-corrected chi connectivity index (χ2v) is 8.04. The number of carboxylic acids is 1. The normalized spacial score (nSPS) is 13.7. The van der Waals surface area contributed by atoms with Crippen LogP contribution >= 0.6 is 0 Å². The zero-order valence-electron chi connectivity index (χ0n) is 21.5. The minimum Gasteiger partial charge on any atom is -0.497 e. The standard InChI is InChI=1S/C17H22F3N.C11H13NO4/c1-3-5-7-14-8-6-9-15(11-10-14)16(4-2)21-13-12-17(18,19)20;1-16-9-4-2-8(3-5-9)11(15)12-7-6-10(13)14/h4,8-11,13H,3,5-7,12H2,1-2H3;2-5H,6-7H2,1H3,(H,12,15)(H,13,14)/b16-4-,21-13?;. The fraction of sp³-hybridized carbons (Fsp3) is 0.393. The molecular weight excluding hydrogens is 485 g/mol. The fourth-order valence-corrected chi connectivity index (χ4v) is 3.12. The molecule has 9 heteroatoms. The summed E-state index contributed by atoms with van der Waals surface area (Å²) in [5, 5.41) is 10.9. The maximum atomic E-state index is 12.1. The lowest BCUT2D eigenvalue weighted by Gasteiger charge is -2.04. The van der Waals surface area contributed by atoms with Gasteiger partial charge < -0.3 is 15.2 Å². The van der Waals surface area contributed by atoms with E-state index < -0.39 is 18.6 Å². The number of benzene rings is 1. The summed E-state index contributed by atoms with van der Waals surface area (Å²) in [5.74, 6) is -0.555. The van der Waals surface area contributed by atoms with Crippen LogP contribution in [0.3, 0.4) is 0 Å². The highest BCUT2D eigenvalue weighted by Gasteiger charge is 2.25. The number of alkyl halides is 3. The van der Waals surface area contributed by atoms with Crippen molar-refractivity contribution in [2.45, 2.75) is 58.5 Å². The molecule has 1 aromatic carbocycles. The number of unbranched alkanes of at least 4 members (excludes halogenated alkanes) is 1. The smallest absolute Gasteiger partial charge is 0.393 e. The number of ether oxygens (including phenoxy) is 1. The van der Waals surface area contributed by atoms with E-state index in [1.54, 1.807) is 44.4 Å². The van der Waals surface area contributed by atoms with Crippen molar-refractivity contribution in [1.29, 1.82) is 0 Å². The Kier molecular flexibility index (Phi) is 14.4. The van der Waals surface area contributed by atoms with Crippen molar-refractivity contribution < 1.29 is 32.6 Å². The first-order valence-corrected chi connectivity index (χ1v) is 12.1. The summed E-state index contributed by atoms with van der Waals surface area (Å²) in [6.45, 7) is 4.06. The molecule has 1 aliphatic rings. The lowest BCUT2D eigenvalue weighted by Crippen LogP contribution is -2.25. The fourth-order valence-electron chi connectivity index (χ4n) is 3.12. The molecule has 37 heavy (non-hydrogen) atoms. The van der Waals surface area contributed by atoms with Crippen LogP contribution in [0.1, 0.15) is 62.7 Å². The van der Waals surface area contributed by atoms with Crippen LogP contribution in [0, 0.1) is 0 Å². The topological polar surface area (TPSA) is 88.0 Å². The largest absolute Gasteiger partial charge is 0.497 e. The second kappa shape index (κ2) is 16.9. The highest BCUT2D eigenvalue weighted by molar-refractivity contribution is 5.94. The summed E-state index contributed by atoms with van der Waals surface area (Å²) < 4.78 is 41.4. The summed E-state index contributed by atoms with van der Waals surface area (Å²) in [7, 11) is 1.54. The molecule has 0 heterocycles. The molecule has 0 aromatic heterocycles. The van der Waals surface area contributed by atoms with Crippen LogP contribution in [0.25, 0.3) is 0 Å². The Hall–Kier alpha value is -3.62. The molecule has 0 radical (unpaired) electrons. The molecule has 1 amide bonds. The van der Waals surface area contributed by atoms with Gasteiger partial charge in [-0.25, -0.2) is 0 Å². The summed E-state index contributed by atoms with van der Waals surface area (Å²) in [5.41, 5.74) is 3.21. The Bertz CT molecular complexity index is 1020. The highest BCUT2D eigenvalue weighted by atomic mass is 19.4. The Balaban J connectivity index is 0.000000384. The highest BCUT2D eigenvalue weighted by Crippen LogP contribution is 2.22. The van der Waals surface area contributed by atoms with Crippen LogP contribution in [0.4, 0.5) is 13.2 Å². The van der Waals surface area contributed by atoms with Crippen LogP contribution in [0.5, 0.6) is 5.75 Å². The van der Waals surface area contributed by atoms with Crippen molar-refractivity contribution in [1.82, 2.24) is 5.32 Å². The quantitative estimate of drug-likeness (QED) is 0.314. The molecule has 0 aliphatic heterocycles. The third-order valence-corrected chi connectivity index (χ3v) is 5.11. The lowest BCUT2D eigenvalue weighted by molar-refractivity contribution is -0.136. The number of nitrogens with one attached hydrogen (secondary N) is 1. The minimum atomic E-state index is -4.20. The van der Waals surface area contributed by atoms with Gasteiger partial charge in [0, 0.05) is 18.3 Å². The van der Waals surface area contributed by atoms with Gasteiger partial charge in [-0.05, 0) is 56.0 Å². The van der Waals surface area contributed by atoms with Gasteiger partial charge in [0.2, 0.25) is 0 Å². The maximum absolute atomic E-state index is 12.1. The summed E-state index contributed by atoms with van der Waals surface area (Å²) in [6, 6.07) is 6.59. The molecule has 6 nitrogen and oxygen atoms in total. The molecule has 0 bridgehead atoms. The third kappa shape index (κ3) is 13.9. The molecule has 1 aliphatic carbocycles. The zero-order valence-corrected chi connectivity index (χ0v) is 21.5. The number of aliphatic carboxylic acids is 1. The van der Waals surface area contributed by atoms with E-state index in [1.807, 2.05) is 18.2 Å². The predicted molar refractivity (Wildman–Crippen MR) is 140 cm³/mol. The number of hydrogen-bond donors (Lipinski definition) is 2. The van der Waals surface area contributed by atoms with Crippen molar-refractivity contribution in [3.05, 3.63) is 77.1 Å². The zero-order chi connectivity index (χ0) is 27.7. The first-order chi connectivity index (χ1) is 17.6. The number of halogens is 3. The van der Waals surface area contributed by atoms with Gasteiger partial charge in [-0.15, -0.1) is 0 Å². The predicted octanol–water partition coefficient (Wildman–Crippen LogP) is 6.82. The Morgan fingerprint density at radius 1 is 1.16 bits per heavy atom. The molecule has 0 fully saturated rings. The number of rotatable bonds is 11. The van der Waals surface area contributed by atoms with Crippen LogP contribution < -0.4 is 10.1 Å². The number of carbonyl (C=O) groups excluding carboxylic acids is 1. The first-order valence-electron chi connectivity index (χ1n) is 12.1. The summed E-state index contributed by atoms with van der Waals surface area (Å²) in [4.78, 5) is 25.7. The molecule has 1 aromatic rings. The molecule has 2 N–H and O–H groups in total. The minimum absolute atomic E-state index is 0.0815. The number of aliphatic imine (C=N–C) groups is 1. The van der Waals surface area contributed by atoms with E-state index in [9.17, 15) is 22.8 Å². The maximum Gasteiger partial charge on any atom is 0.393 e. The van der Waals surface area contributed by atoms with E-state index >= 15 is 0 Å². The molecule has 202 valence electrons. The first kappa shape index (κ1) is 31.4. The van der Waals surface area contributed by atoms with Gasteiger partial charge in [0.05, 0.1) is 25.6 Å². The molecule has 0 spiro atoms. The van der Waals surface area contributed by atoms with E-state index in [2.05, 4.69) is 23.3 Å². The number of amides is 1. The number of allylic oxidation sites excluding steroid dienone is 6. The molecular formula is C28H35F3N2O4. The number of carbonyl (C=O) groups is 2. The van der Waals surface area contributed by atoms with Crippen LogP contribution in [-0.4, -0.2) is 43.0 Å². The van der Waals surface area contributed by atoms with Gasteiger partial charge in [-0.1, -0.05) is 49.3 Å². The Labute approximate surface area is 216 Å². The molecule has 0 saturated heterocycles. The van der Waals surface area contributed by atoms with Crippen molar-refractivity contribution >= 4 is 18.1 Å². The van der Waals surface area contributed by atoms with Crippen LogP contribution in [-0.2, 0) is 4.79 Å². The van der Waals surface area contributed by atoms with E-state index in [-0.39, 0.29) is 18.9 Å². The van der Waals surface area contributed by atoms with Gasteiger partial charge in [0.15, 0.2) is 0 Å². The number of carboxylic acid groups (broad SMARTS) is 1. The third-order valence-electron chi connectivity index (χ3n) is 5.11. The van der Waals surface area contributed by atoms with Gasteiger partial charge in [-0.3, -0.25) is 14.6 Å². The van der Waals surface area contributed by atoms with Crippen molar-refractivity contribution in [3.8, 4) is 5.75 Å². The van der Waals surface area contributed by atoms with E-state index in [0.29, 0.717) is 17.0 Å². The molecule has 0 atom stereocenters.